The quantitative estimate of drug-likeness (QED) is 0.507. The summed E-state index contributed by atoms with van der Waals surface area (Å²) in [5, 5.41) is 0. The van der Waals surface area contributed by atoms with E-state index in [0.29, 0.717) is 12.0 Å². The zero-order valence-corrected chi connectivity index (χ0v) is 14.9. The lowest BCUT2D eigenvalue weighted by Crippen LogP contribution is -2.43. The zero-order chi connectivity index (χ0) is 19.8. The number of esters is 1. The number of furan rings is 1. The number of hydrogen-bond acceptors (Lipinski definition) is 5. The van der Waals surface area contributed by atoms with Crippen LogP contribution in [0.3, 0.4) is 0 Å². The Morgan fingerprint density at radius 1 is 0.857 bits per heavy atom. The van der Waals surface area contributed by atoms with Gasteiger partial charge in [0.25, 0.3) is 5.91 Å². The van der Waals surface area contributed by atoms with Gasteiger partial charge in [-0.05, 0) is 35.7 Å². The minimum Gasteiger partial charge on any atom is -0.459 e. The summed E-state index contributed by atoms with van der Waals surface area (Å²) < 4.78 is 9.96. The van der Waals surface area contributed by atoms with Crippen LogP contribution in [0, 0.1) is 0 Å². The van der Waals surface area contributed by atoms with Gasteiger partial charge in [0, 0.05) is 0 Å². The predicted octanol–water partition coefficient (Wildman–Crippen LogP) is 2.49. The predicted molar refractivity (Wildman–Crippen MR) is 100 cm³/mol. The Balaban J connectivity index is 1.53. The molecule has 2 N–H and O–H groups in total. The summed E-state index contributed by atoms with van der Waals surface area (Å²) in [5.41, 5.74) is 6.57. The summed E-state index contributed by atoms with van der Waals surface area (Å²) in [5.74, 6) is -1.85. The number of amides is 2. The Hall–Kier alpha value is -3.87. The molecule has 0 saturated heterocycles. The van der Waals surface area contributed by atoms with Gasteiger partial charge in [0.1, 0.15) is 0 Å². The highest BCUT2D eigenvalue weighted by Crippen LogP contribution is 2.15. The molecule has 3 aromatic rings. The fraction of sp³-hybridized carbons (Fsp3) is 0.0952. The molecule has 142 valence electrons. The third-order valence-corrected chi connectivity index (χ3v) is 3.87. The standard InChI is InChI=1S/C21H18N2O5/c24-19(22-23-20(25)18-11-6-12-27-18)14-28-21(26)17-10-5-4-9-16(17)13-15-7-2-1-3-8-15/h1-12H,13-14H2,(H,22,24)(H,23,25). The summed E-state index contributed by atoms with van der Waals surface area (Å²) in [4.78, 5) is 35.8. The molecule has 0 bridgehead atoms. The highest BCUT2D eigenvalue weighted by atomic mass is 16.5. The van der Waals surface area contributed by atoms with Gasteiger partial charge in [0.2, 0.25) is 0 Å². The number of ether oxygens (including phenoxy) is 1. The lowest BCUT2D eigenvalue weighted by atomic mass is 10.00. The van der Waals surface area contributed by atoms with Crippen molar-refractivity contribution in [2.24, 2.45) is 0 Å². The van der Waals surface area contributed by atoms with Crippen molar-refractivity contribution < 1.29 is 23.5 Å². The van der Waals surface area contributed by atoms with Crippen molar-refractivity contribution >= 4 is 17.8 Å². The summed E-state index contributed by atoms with van der Waals surface area (Å²) in [7, 11) is 0. The van der Waals surface area contributed by atoms with E-state index >= 15 is 0 Å². The van der Waals surface area contributed by atoms with E-state index in [1.807, 2.05) is 42.5 Å². The molecule has 7 nitrogen and oxygen atoms in total. The smallest absolute Gasteiger partial charge is 0.338 e. The number of hydrogen-bond donors (Lipinski definition) is 2. The minimum absolute atomic E-state index is 0.0483. The first kappa shape index (κ1) is 18.9. The van der Waals surface area contributed by atoms with Crippen molar-refractivity contribution in [3.8, 4) is 0 Å². The van der Waals surface area contributed by atoms with Crippen LogP contribution in [0.1, 0.15) is 32.0 Å². The summed E-state index contributed by atoms with van der Waals surface area (Å²) in [6.07, 6.45) is 1.91. The van der Waals surface area contributed by atoms with Gasteiger partial charge in [0.15, 0.2) is 12.4 Å². The molecule has 0 spiro atoms. The molecule has 0 radical (unpaired) electrons. The van der Waals surface area contributed by atoms with E-state index < -0.39 is 24.4 Å². The van der Waals surface area contributed by atoms with Crippen molar-refractivity contribution in [3.63, 3.8) is 0 Å². The van der Waals surface area contributed by atoms with E-state index in [-0.39, 0.29) is 5.76 Å². The van der Waals surface area contributed by atoms with Gasteiger partial charge >= 0.3 is 11.9 Å². The average molecular weight is 378 g/mol. The average Bonchev–Trinajstić information content (AvgIpc) is 3.26. The van der Waals surface area contributed by atoms with E-state index in [1.54, 1.807) is 18.2 Å². The molecule has 0 saturated carbocycles. The third kappa shape index (κ3) is 5.07. The molecular formula is C21H18N2O5. The molecule has 1 aromatic heterocycles. The van der Waals surface area contributed by atoms with Gasteiger partial charge in [-0.2, -0.15) is 0 Å². The van der Waals surface area contributed by atoms with Gasteiger partial charge in [-0.15, -0.1) is 0 Å². The molecule has 0 aliphatic carbocycles. The lowest BCUT2D eigenvalue weighted by molar-refractivity contribution is -0.125. The summed E-state index contributed by atoms with van der Waals surface area (Å²) in [6.45, 7) is -0.531. The number of carbonyl (C=O) groups excluding carboxylic acids is 3. The zero-order valence-electron chi connectivity index (χ0n) is 14.9. The van der Waals surface area contributed by atoms with Crippen molar-refractivity contribution in [1.82, 2.24) is 10.9 Å². The molecule has 0 aliphatic rings. The molecule has 0 fully saturated rings. The largest absolute Gasteiger partial charge is 0.459 e. The van der Waals surface area contributed by atoms with Crippen LogP contribution in [0.5, 0.6) is 0 Å². The molecule has 1 heterocycles. The highest BCUT2D eigenvalue weighted by Gasteiger charge is 2.15. The lowest BCUT2D eigenvalue weighted by Gasteiger charge is -2.10. The fourth-order valence-electron chi connectivity index (χ4n) is 2.53. The summed E-state index contributed by atoms with van der Waals surface area (Å²) in [6, 6.07) is 19.8. The van der Waals surface area contributed by atoms with E-state index in [9.17, 15) is 14.4 Å². The van der Waals surface area contributed by atoms with Gasteiger partial charge in [-0.3, -0.25) is 20.4 Å². The molecule has 2 aromatic carbocycles. The first-order valence-electron chi connectivity index (χ1n) is 8.55. The molecule has 0 aliphatic heterocycles. The van der Waals surface area contributed by atoms with Crippen LogP contribution >= 0.6 is 0 Å². The minimum atomic E-state index is -0.672. The number of rotatable bonds is 6. The number of benzene rings is 2. The van der Waals surface area contributed by atoms with E-state index in [1.165, 1.54) is 12.3 Å². The van der Waals surface area contributed by atoms with Gasteiger partial charge < -0.3 is 9.15 Å². The van der Waals surface area contributed by atoms with Crippen molar-refractivity contribution in [2.45, 2.75) is 6.42 Å². The maximum absolute atomic E-state index is 12.4. The molecule has 3 rings (SSSR count). The van der Waals surface area contributed by atoms with Crippen LogP contribution in [0.25, 0.3) is 0 Å². The second-order valence-corrected chi connectivity index (χ2v) is 5.88. The molecule has 28 heavy (non-hydrogen) atoms. The third-order valence-electron chi connectivity index (χ3n) is 3.87. The molecule has 0 atom stereocenters. The Labute approximate surface area is 161 Å². The SMILES string of the molecule is O=C(COC(=O)c1ccccc1Cc1ccccc1)NNC(=O)c1ccco1. The van der Waals surface area contributed by atoms with Crippen LogP contribution in [0.4, 0.5) is 0 Å². The van der Waals surface area contributed by atoms with Crippen LogP contribution in [-0.4, -0.2) is 24.4 Å². The van der Waals surface area contributed by atoms with Crippen molar-refractivity contribution in [1.29, 1.82) is 0 Å². The first-order valence-corrected chi connectivity index (χ1v) is 8.55. The van der Waals surface area contributed by atoms with Crippen LogP contribution in [-0.2, 0) is 16.0 Å². The van der Waals surface area contributed by atoms with Crippen LogP contribution < -0.4 is 10.9 Å². The molecule has 7 heteroatoms. The summed E-state index contributed by atoms with van der Waals surface area (Å²) >= 11 is 0. The highest BCUT2D eigenvalue weighted by molar-refractivity contribution is 5.94. The van der Waals surface area contributed by atoms with E-state index in [2.05, 4.69) is 10.9 Å². The Kier molecular flexibility index (Phi) is 6.20. The van der Waals surface area contributed by atoms with Crippen LogP contribution in [0.15, 0.2) is 77.4 Å². The molecular weight excluding hydrogens is 360 g/mol. The Bertz CT molecular complexity index is 952. The van der Waals surface area contributed by atoms with Gasteiger partial charge in [-0.1, -0.05) is 48.5 Å². The molecule has 2 amide bonds. The maximum Gasteiger partial charge on any atom is 0.338 e. The Morgan fingerprint density at radius 3 is 2.36 bits per heavy atom. The van der Waals surface area contributed by atoms with Gasteiger partial charge in [-0.25, -0.2) is 4.79 Å². The normalized spacial score (nSPS) is 10.1. The monoisotopic (exact) mass is 378 g/mol. The van der Waals surface area contributed by atoms with Crippen molar-refractivity contribution in [3.05, 3.63) is 95.4 Å². The number of carbonyl (C=O) groups is 3. The number of hydrazine groups is 1. The van der Waals surface area contributed by atoms with Crippen LogP contribution in [0.2, 0.25) is 0 Å². The first-order chi connectivity index (χ1) is 13.6. The van der Waals surface area contributed by atoms with E-state index in [0.717, 1.165) is 11.1 Å². The van der Waals surface area contributed by atoms with E-state index in [4.69, 9.17) is 9.15 Å². The van der Waals surface area contributed by atoms with Crippen molar-refractivity contribution in [2.75, 3.05) is 6.61 Å². The Morgan fingerprint density at radius 2 is 1.61 bits per heavy atom. The topological polar surface area (TPSA) is 97.6 Å². The molecule has 0 unspecified atom stereocenters. The maximum atomic E-state index is 12.4. The number of nitrogens with one attached hydrogen (secondary N) is 2. The second kappa shape index (κ2) is 9.18. The fourth-order valence-corrected chi connectivity index (χ4v) is 2.53. The second-order valence-electron chi connectivity index (χ2n) is 5.88. The van der Waals surface area contributed by atoms with Gasteiger partial charge in [0.05, 0.1) is 11.8 Å².